The molecule has 0 unspecified atom stereocenters. The molecule has 10 heteroatoms. The van der Waals surface area contributed by atoms with Crippen LogP contribution in [-0.4, -0.2) is 40.8 Å². The lowest BCUT2D eigenvalue weighted by Gasteiger charge is -2.09. The van der Waals surface area contributed by atoms with Gasteiger partial charge in [-0.15, -0.1) is 0 Å². The number of nitrogens with one attached hydrogen (secondary N) is 2. The zero-order valence-corrected chi connectivity index (χ0v) is 18.0. The molecule has 3 aromatic rings. The van der Waals surface area contributed by atoms with Gasteiger partial charge in [-0.1, -0.05) is 35.3 Å². The number of hydrogen-bond acceptors (Lipinski definition) is 6. The van der Waals surface area contributed by atoms with E-state index in [4.69, 9.17) is 27.9 Å². The van der Waals surface area contributed by atoms with Crippen LogP contribution in [0.25, 0.3) is 11.0 Å². The number of esters is 1. The van der Waals surface area contributed by atoms with Crippen molar-refractivity contribution in [2.45, 2.75) is 13.5 Å². The van der Waals surface area contributed by atoms with Crippen LogP contribution in [0.15, 0.2) is 42.5 Å². The number of nitrogens with zero attached hydrogens (tertiary/aromatic N) is 2. The number of carbonyl (C=O) groups is 3. The molecule has 2 N–H and O–H groups in total. The van der Waals surface area contributed by atoms with Crippen LogP contribution in [0.5, 0.6) is 0 Å². The minimum absolute atomic E-state index is 0.0653. The summed E-state index contributed by atoms with van der Waals surface area (Å²) in [5.41, 5.74) is 2.82. The summed E-state index contributed by atoms with van der Waals surface area (Å²) >= 11 is 11.7. The number of rotatable bonds is 7. The molecule has 2 amide bonds. The number of ether oxygens (including phenoxy) is 1. The van der Waals surface area contributed by atoms with E-state index in [2.05, 4.69) is 20.6 Å². The van der Waals surface area contributed by atoms with Gasteiger partial charge in [-0.25, -0.2) is 9.97 Å². The first-order chi connectivity index (χ1) is 14.8. The zero-order valence-electron chi connectivity index (χ0n) is 16.4. The Morgan fingerprint density at radius 2 is 1.68 bits per heavy atom. The van der Waals surface area contributed by atoms with E-state index in [0.717, 1.165) is 5.52 Å². The van der Waals surface area contributed by atoms with E-state index >= 15 is 0 Å². The third-order valence-corrected chi connectivity index (χ3v) is 4.78. The molecule has 1 heterocycles. The second-order valence-corrected chi connectivity index (χ2v) is 7.33. The summed E-state index contributed by atoms with van der Waals surface area (Å²) in [6.07, 6.45) is 0. The third-order valence-electron chi connectivity index (χ3n) is 4.23. The number of fused-ring (bicyclic) bond motifs is 1. The highest BCUT2D eigenvalue weighted by Gasteiger charge is 2.13. The first-order valence-corrected chi connectivity index (χ1v) is 9.97. The molecule has 2 aromatic carbocycles. The van der Waals surface area contributed by atoms with Crippen LogP contribution in [0, 0.1) is 6.92 Å². The van der Waals surface area contributed by atoms with Crippen molar-refractivity contribution in [1.29, 1.82) is 0 Å². The van der Waals surface area contributed by atoms with Gasteiger partial charge in [-0.3, -0.25) is 14.4 Å². The Labute approximate surface area is 187 Å². The van der Waals surface area contributed by atoms with Crippen molar-refractivity contribution < 1.29 is 19.1 Å². The normalized spacial score (nSPS) is 10.5. The van der Waals surface area contributed by atoms with Crippen LogP contribution in [0.2, 0.25) is 10.0 Å². The molecule has 0 saturated heterocycles. The number of benzene rings is 2. The molecule has 0 fully saturated rings. The quantitative estimate of drug-likeness (QED) is 0.524. The van der Waals surface area contributed by atoms with E-state index < -0.39 is 17.8 Å². The highest BCUT2D eigenvalue weighted by atomic mass is 35.5. The van der Waals surface area contributed by atoms with Crippen LogP contribution >= 0.6 is 23.2 Å². The summed E-state index contributed by atoms with van der Waals surface area (Å²) in [4.78, 5) is 44.8. The molecule has 0 aliphatic heterocycles. The smallest absolute Gasteiger partial charge is 0.325 e. The van der Waals surface area contributed by atoms with Gasteiger partial charge in [0.2, 0.25) is 5.91 Å². The molecule has 0 radical (unpaired) electrons. The van der Waals surface area contributed by atoms with Crippen molar-refractivity contribution in [2.75, 3.05) is 13.1 Å². The van der Waals surface area contributed by atoms with Gasteiger partial charge in [0, 0.05) is 5.02 Å². The minimum atomic E-state index is -0.644. The van der Waals surface area contributed by atoms with Gasteiger partial charge < -0.3 is 15.4 Å². The third kappa shape index (κ3) is 6.13. The molecule has 0 aliphatic carbocycles. The molecule has 0 bridgehead atoms. The van der Waals surface area contributed by atoms with Crippen molar-refractivity contribution >= 4 is 52.0 Å². The largest absolute Gasteiger partial charge is 0.458 e. The van der Waals surface area contributed by atoms with E-state index in [-0.39, 0.29) is 30.3 Å². The highest BCUT2D eigenvalue weighted by Crippen LogP contribution is 2.20. The van der Waals surface area contributed by atoms with Crippen LogP contribution in [0.3, 0.4) is 0 Å². The van der Waals surface area contributed by atoms with Crippen LogP contribution < -0.4 is 10.6 Å². The Bertz CT molecular complexity index is 1150. The fourth-order valence-electron chi connectivity index (χ4n) is 2.62. The average molecular weight is 461 g/mol. The monoisotopic (exact) mass is 460 g/mol. The van der Waals surface area contributed by atoms with Crippen LogP contribution in [0.1, 0.15) is 21.7 Å². The Morgan fingerprint density at radius 1 is 0.968 bits per heavy atom. The maximum atomic E-state index is 12.1. The standard InChI is InChI=1S/C21H18Cl2N4O4/c1-12-18(27-17-5-3-2-4-16(17)26-12)11-31-20(29)10-24-19(28)9-25-21(30)14-7-6-13(22)8-15(14)23/h2-8H,9-11H2,1H3,(H,24,28)(H,25,30). The van der Waals surface area contributed by atoms with Crippen molar-refractivity contribution in [3.8, 4) is 0 Å². The molecule has 0 aliphatic rings. The summed E-state index contributed by atoms with van der Waals surface area (Å²) in [6.45, 7) is 1.03. The molecule has 8 nitrogen and oxygen atoms in total. The van der Waals surface area contributed by atoms with Crippen molar-refractivity contribution in [2.24, 2.45) is 0 Å². The van der Waals surface area contributed by atoms with Crippen molar-refractivity contribution in [1.82, 2.24) is 20.6 Å². The number of aromatic nitrogens is 2. The Morgan fingerprint density at radius 3 is 2.39 bits per heavy atom. The molecule has 0 spiro atoms. The second kappa shape index (κ2) is 10.2. The number of para-hydroxylation sites is 2. The summed E-state index contributed by atoms with van der Waals surface area (Å²) < 4.78 is 5.16. The van der Waals surface area contributed by atoms with Gasteiger partial charge in [0.05, 0.1) is 39.6 Å². The lowest BCUT2D eigenvalue weighted by molar-refractivity contribution is -0.145. The topological polar surface area (TPSA) is 110 Å². The second-order valence-electron chi connectivity index (χ2n) is 6.49. The van der Waals surface area contributed by atoms with Gasteiger partial charge >= 0.3 is 5.97 Å². The lowest BCUT2D eigenvalue weighted by Crippen LogP contribution is -2.39. The number of hydrogen-bond donors (Lipinski definition) is 2. The van der Waals surface area contributed by atoms with E-state index in [1.54, 1.807) is 6.92 Å². The maximum Gasteiger partial charge on any atom is 0.325 e. The summed E-state index contributed by atoms with van der Waals surface area (Å²) in [5, 5.41) is 5.35. The molecule has 0 atom stereocenters. The molecular formula is C21H18Cl2N4O4. The fraction of sp³-hybridized carbons (Fsp3) is 0.190. The number of aryl methyl sites for hydroxylation is 1. The first-order valence-electron chi connectivity index (χ1n) is 9.21. The average Bonchev–Trinajstić information content (AvgIpc) is 2.74. The number of amides is 2. The Kier molecular flexibility index (Phi) is 7.38. The van der Waals surface area contributed by atoms with Crippen molar-refractivity contribution in [3.05, 3.63) is 69.5 Å². The first kappa shape index (κ1) is 22.5. The van der Waals surface area contributed by atoms with Crippen LogP contribution in [0.4, 0.5) is 0 Å². The molecular weight excluding hydrogens is 443 g/mol. The molecule has 3 rings (SSSR count). The fourth-order valence-corrected chi connectivity index (χ4v) is 3.12. The SMILES string of the molecule is Cc1nc2ccccc2nc1COC(=O)CNC(=O)CNC(=O)c1ccc(Cl)cc1Cl. The molecule has 0 saturated carbocycles. The Balaban J connectivity index is 1.43. The van der Waals surface area contributed by atoms with Crippen LogP contribution in [-0.2, 0) is 20.9 Å². The zero-order chi connectivity index (χ0) is 22.4. The summed E-state index contributed by atoms with van der Waals surface area (Å²) in [7, 11) is 0. The minimum Gasteiger partial charge on any atom is -0.458 e. The Hall–Kier alpha value is -3.23. The van der Waals surface area contributed by atoms with E-state index in [0.29, 0.717) is 21.9 Å². The van der Waals surface area contributed by atoms with Gasteiger partial charge in [0.1, 0.15) is 13.2 Å². The van der Waals surface area contributed by atoms with E-state index in [1.165, 1.54) is 18.2 Å². The maximum absolute atomic E-state index is 12.1. The van der Waals surface area contributed by atoms with Crippen molar-refractivity contribution in [3.63, 3.8) is 0 Å². The molecule has 1 aromatic heterocycles. The van der Waals surface area contributed by atoms with Gasteiger partial charge in [-0.2, -0.15) is 0 Å². The molecule has 160 valence electrons. The highest BCUT2D eigenvalue weighted by molar-refractivity contribution is 6.36. The summed E-state index contributed by atoms with van der Waals surface area (Å²) in [5.74, 6) is -1.74. The molecule has 31 heavy (non-hydrogen) atoms. The predicted octanol–water partition coefficient (Wildman–Crippen LogP) is 2.83. The van der Waals surface area contributed by atoms with Gasteiger partial charge in [0.25, 0.3) is 5.91 Å². The van der Waals surface area contributed by atoms with Gasteiger partial charge in [-0.05, 0) is 37.3 Å². The number of carbonyl (C=O) groups excluding carboxylic acids is 3. The van der Waals surface area contributed by atoms with E-state index in [1.807, 2.05) is 24.3 Å². The number of halogens is 2. The predicted molar refractivity (Wildman–Crippen MR) is 116 cm³/mol. The van der Waals surface area contributed by atoms with E-state index in [9.17, 15) is 14.4 Å². The lowest BCUT2D eigenvalue weighted by atomic mass is 10.2. The van der Waals surface area contributed by atoms with Gasteiger partial charge in [0.15, 0.2) is 0 Å². The summed E-state index contributed by atoms with van der Waals surface area (Å²) in [6, 6.07) is 11.8.